The number of thiophene rings is 1. The van der Waals surface area contributed by atoms with Gasteiger partial charge in [-0.1, -0.05) is 18.2 Å². The molecule has 1 amide bonds. The molecular weight excluding hydrogens is 230 g/mol. The highest BCUT2D eigenvalue weighted by Gasteiger charge is 2.13. The molecule has 1 atom stereocenters. The Morgan fingerprint density at radius 3 is 3.00 bits per heavy atom. The summed E-state index contributed by atoms with van der Waals surface area (Å²) < 4.78 is 1.18. The van der Waals surface area contributed by atoms with Gasteiger partial charge in [0, 0.05) is 4.70 Å². The van der Waals surface area contributed by atoms with Crippen LogP contribution in [0.25, 0.3) is 10.1 Å². The number of alkyl halides is 1. The smallest absolute Gasteiger partial charge is 0.235 e. The van der Waals surface area contributed by atoms with Crippen molar-refractivity contribution in [3.8, 4) is 0 Å². The Morgan fingerprint density at radius 1 is 1.47 bits per heavy atom. The number of primary amides is 1. The summed E-state index contributed by atoms with van der Waals surface area (Å²) in [7, 11) is 0. The number of hydrogen-bond acceptors (Lipinski definition) is 2. The third kappa shape index (κ3) is 2.13. The normalized spacial score (nSPS) is 12.9. The minimum absolute atomic E-state index is 0.467. The lowest BCUT2D eigenvalue weighted by molar-refractivity contribution is -0.117. The van der Waals surface area contributed by atoms with Crippen LogP contribution in [0.3, 0.4) is 0 Å². The molecule has 0 bridgehead atoms. The van der Waals surface area contributed by atoms with Crippen LogP contribution < -0.4 is 5.73 Å². The average Bonchev–Trinajstić information content (AvgIpc) is 2.66. The van der Waals surface area contributed by atoms with Crippen molar-refractivity contribution in [2.45, 2.75) is 11.8 Å². The second-order valence-electron chi connectivity index (χ2n) is 3.33. The van der Waals surface area contributed by atoms with Gasteiger partial charge in [0.1, 0.15) is 5.38 Å². The van der Waals surface area contributed by atoms with Crippen LogP contribution in [0.5, 0.6) is 0 Å². The maximum atomic E-state index is 10.9. The number of amides is 1. The topological polar surface area (TPSA) is 43.1 Å². The minimum Gasteiger partial charge on any atom is -0.368 e. The van der Waals surface area contributed by atoms with E-state index in [1.807, 2.05) is 23.6 Å². The summed E-state index contributed by atoms with van der Waals surface area (Å²) in [6.07, 6.45) is 0.495. The SMILES string of the molecule is NC(=O)C(Cl)Cc1cccc2ccsc12. The molecule has 0 saturated heterocycles. The van der Waals surface area contributed by atoms with Crippen LogP contribution in [0, 0.1) is 0 Å². The van der Waals surface area contributed by atoms with Crippen LogP contribution in [0.4, 0.5) is 0 Å². The molecular formula is C11H10ClNOS. The van der Waals surface area contributed by atoms with Crippen molar-refractivity contribution in [2.24, 2.45) is 5.73 Å². The van der Waals surface area contributed by atoms with Gasteiger partial charge < -0.3 is 5.73 Å². The number of carbonyl (C=O) groups is 1. The van der Waals surface area contributed by atoms with E-state index in [1.54, 1.807) is 11.3 Å². The zero-order valence-corrected chi connectivity index (χ0v) is 9.52. The van der Waals surface area contributed by atoms with Crippen LogP contribution in [0.2, 0.25) is 0 Å². The maximum Gasteiger partial charge on any atom is 0.235 e. The van der Waals surface area contributed by atoms with Crippen molar-refractivity contribution in [2.75, 3.05) is 0 Å². The molecule has 2 aromatic rings. The van der Waals surface area contributed by atoms with E-state index in [4.69, 9.17) is 17.3 Å². The number of hydrogen-bond donors (Lipinski definition) is 1. The van der Waals surface area contributed by atoms with Crippen molar-refractivity contribution in [1.29, 1.82) is 0 Å². The summed E-state index contributed by atoms with van der Waals surface area (Å²) in [6, 6.07) is 8.05. The second-order valence-corrected chi connectivity index (χ2v) is 4.77. The van der Waals surface area contributed by atoms with E-state index in [1.165, 1.54) is 10.1 Å². The van der Waals surface area contributed by atoms with Gasteiger partial charge in [-0.05, 0) is 28.8 Å². The highest BCUT2D eigenvalue weighted by atomic mass is 35.5. The fourth-order valence-corrected chi connectivity index (χ4v) is 2.60. The lowest BCUT2D eigenvalue weighted by Crippen LogP contribution is -2.25. The molecule has 0 spiro atoms. The van der Waals surface area contributed by atoms with E-state index in [0.717, 1.165) is 5.56 Å². The molecule has 0 aliphatic carbocycles. The van der Waals surface area contributed by atoms with Crippen molar-refractivity contribution in [3.63, 3.8) is 0 Å². The molecule has 0 radical (unpaired) electrons. The maximum absolute atomic E-state index is 10.9. The highest BCUT2D eigenvalue weighted by molar-refractivity contribution is 7.17. The van der Waals surface area contributed by atoms with Gasteiger partial charge >= 0.3 is 0 Å². The first-order valence-electron chi connectivity index (χ1n) is 4.57. The summed E-state index contributed by atoms with van der Waals surface area (Å²) in [5, 5.41) is 2.59. The zero-order valence-electron chi connectivity index (χ0n) is 7.94. The van der Waals surface area contributed by atoms with E-state index < -0.39 is 11.3 Å². The molecule has 1 unspecified atom stereocenters. The molecule has 0 aliphatic rings. The Bertz CT molecular complexity index is 494. The molecule has 2 N–H and O–H groups in total. The summed E-state index contributed by atoms with van der Waals surface area (Å²) in [6.45, 7) is 0. The van der Waals surface area contributed by atoms with Gasteiger partial charge in [0.15, 0.2) is 0 Å². The monoisotopic (exact) mass is 239 g/mol. The van der Waals surface area contributed by atoms with Gasteiger partial charge in [0.25, 0.3) is 0 Å². The first kappa shape index (κ1) is 10.5. The third-order valence-electron chi connectivity index (χ3n) is 2.27. The van der Waals surface area contributed by atoms with Gasteiger partial charge in [-0.2, -0.15) is 0 Å². The number of benzene rings is 1. The Labute approximate surface area is 96.7 Å². The van der Waals surface area contributed by atoms with Crippen molar-refractivity contribution < 1.29 is 4.79 Å². The Hall–Kier alpha value is -1.06. The van der Waals surface area contributed by atoms with E-state index in [9.17, 15) is 4.79 Å². The molecule has 0 saturated carbocycles. The number of fused-ring (bicyclic) bond motifs is 1. The summed E-state index contributed by atoms with van der Waals surface area (Å²) in [4.78, 5) is 10.9. The highest BCUT2D eigenvalue weighted by Crippen LogP contribution is 2.26. The van der Waals surface area contributed by atoms with Gasteiger partial charge in [-0.25, -0.2) is 0 Å². The Morgan fingerprint density at radius 2 is 2.27 bits per heavy atom. The van der Waals surface area contributed by atoms with Crippen molar-refractivity contribution >= 4 is 38.9 Å². The fraction of sp³-hybridized carbons (Fsp3) is 0.182. The summed E-state index contributed by atoms with van der Waals surface area (Å²) in [5.41, 5.74) is 6.22. The molecule has 4 heteroatoms. The largest absolute Gasteiger partial charge is 0.368 e. The molecule has 78 valence electrons. The van der Waals surface area contributed by atoms with Crippen LogP contribution in [-0.4, -0.2) is 11.3 Å². The number of carbonyl (C=O) groups excluding carboxylic acids is 1. The van der Waals surface area contributed by atoms with Gasteiger partial charge in [-0.3, -0.25) is 4.79 Å². The van der Waals surface area contributed by atoms with E-state index >= 15 is 0 Å². The first-order chi connectivity index (χ1) is 7.18. The van der Waals surface area contributed by atoms with E-state index in [-0.39, 0.29) is 0 Å². The van der Waals surface area contributed by atoms with Crippen molar-refractivity contribution in [3.05, 3.63) is 35.2 Å². The number of halogens is 1. The Kier molecular flexibility index (Phi) is 2.93. The molecule has 0 aliphatic heterocycles. The predicted molar refractivity (Wildman–Crippen MR) is 64.4 cm³/mol. The average molecular weight is 240 g/mol. The first-order valence-corrected chi connectivity index (χ1v) is 5.88. The molecule has 2 rings (SSSR count). The van der Waals surface area contributed by atoms with Gasteiger partial charge in [-0.15, -0.1) is 22.9 Å². The summed E-state index contributed by atoms with van der Waals surface area (Å²) >= 11 is 7.50. The fourth-order valence-electron chi connectivity index (χ4n) is 1.51. The zero-order chi connectivity index (χ0) is 10.8. The third-order valence-corrected chi connectivity index (χ3v) is 3.64. The molecule has 15 heavy (non-hydrogen) atoms. The van der Waals surface area contributed by atoms with Crippen molar-refractivity contribution in [1.82, 2.24) is 0 Å². The lowest BCUT2D eigenvalue weighted by Gasteiger charge is -2.06. The standard InChI is InChI=1S/C11H10ClNOS/c12-9(11(13)14)6-8-3-1-2-7-4-5-15-10(7)8/h1-5,9H,6H2,(H2,13,14). The summed E-state index contributed by atoms with van der Waals surface area (Å²) in [5.74, 6) is -0.467. The molecule has 1 aromatic heterocycles. The van der Waals surface area contributed by atoms with E-state index in [2.05, 4.69) is 6.07 Å². The predicted octanol–water partition coefficient (Wildman–Crippen LogP) is 2.54. The quantitative estimate of drug-likeness (QED) is 0.822. The van der Waals surface area contributed by atoms with Crippen LogP contribution in [0.1, 0.15) is 5.56 Å². The van der Waals surface area contributed by atoms with Crippen LogP contribution >= 0.6 is 22.9 Å². The lowest BCUT2D eigenvalue weighted by atomic mass is 10.1. The molecule has 2 nitrogen and oxygen atoms in total. The second kappa shape index (κ2) is 4.21. The number of nitrogens with two attached hydrogens (primary N) is 1. The molecule has 1 aromatic carbocycles. The molecule has 0 fully saturated rings. The minimum atomic E-state index is -0.627. The van der Waals surface area contributed by atoms with E-state index in [0.29, 0.717) is 6.42 Å². The number of rotatable bonds is 3. The van der Waals surface area contributed by atoms with Crippen LogP contribution in [-0.2, 0) is 11.2 Å². The Balaban J connectivity index is 2.35. The van der Waals surface area contributed by atoms with Gasteiger partial charge in [0.2, 0.25) is 5.91 Å². The van der Waals surface area contributed by atoms with Gasteiger partial charge in [0.05, 0.1) is 0 Å². The van der Waals surface area contributed by atoms with Crippen LogP contribution in [0.15, 0.2) is 29.6 Å². The molecule has 1 heterocycles.